The first-order chi connectivity index (χ1) is 10.6. The Bertz CT molecular complexity index is 711. The minimum absolute atomic E-state index is 0.321. The van der Waals surface area contributed by atoms with Gasteiger partial charge in [-0.15, -0.1) is 0 Å². The number of aromatic nitrogens is 2. The SMILES string of the molecule is CC(/C=C/C=C/c1ccccc1)=N\NC(=O)c1cc(C)[nH]n1. The smallest absolute Gasteiger partial charge is 0.282 e. The van der Waals surface area contributed by atoms with Gasteiger partial charge in [-0.1, -0.05) is 48.6 Å². The molecule has 5 nitrogen and oxygen atoms in total. The Morgan fingerprint density at radius 2 is 2.05 bits per heavy atom. The Labute approximate surface area is 129 Å². The Balaban J connectivity index is 1.86. The molecule has 0 aliphatic rings. The van der Waals surface area contributed by atoms with Crippen LogP contribution in [-0.4, -0.2) is 21.8 Å². The number of carbonyl (C=O) groups excluding carboxylic acids is 1. The van der Waals surface area contributed by atoms with E-state index in [1.165, 1.54) is 0 Å². The molecule has 0 atom stereocenters. The fraction of sp³-hybridized carbons (Fsp3) is 0.118. The Morgan fingerprint density at radius 1 is 1.27 bits per heavy atom. The first-order valence-corrected chi connectivity index (χ1v) is 6.91. The van der Waals surface area contributed by atoms with E-state index in [1.807, 2.05) is 68.5 Å². The quantitative estimate of drug-likeness (QED) is 0.505. The van der Waals surface area contributed by atoms with Crippen molar-refractivity contribution < 1.29 is 4.79 Å². The van der Waals surface area contributed by atoms with Gasteiger partial charge in [-0.05, 0) is 31.6 Å². The van der Waals surface area contributed by atoms with Crippen LogP contribution in [0.5, 0.6) is 0 Å². The van der Waals surface area contributed by atoms with E-state index in [1.54, 1.807) is 6.07 Å². The Morgan fingerprint density at radius 3 is 2.73 bits per heavy atom. The molecule has 2 aromatic rings. The predicted molar refractivity (Wildman–Crippen MR) is 88.5 cm³/mol. The van der Waals surface area contributed by atoms with Gasteiger partial charge in [-0.2, -0.15) is 10.2 Å². The molecule has 5 heteroatoms. The molecule has 0 aliphatic heterocycles. The molecule has 1 amide bonds. The zero-order valence-electron chi connectivity index (χ0n) is 12.6. The summed E-state index contributed by atoms with van der Waals surface area (Å²) in [5.74, 6) is -0.336. The second-order valence-corrected chi connectivity index (χ2v) is 4.76. The molecular formula is C17H18N4O. The van der Waals surface area contributed by atoms with Crippen molar-refractivity contribution in [2.45, 2.75) is 13.8 Å². The van der Waals surface area contributed by atoms with Crippen molar-refractivity contribution in [3.63, 3.8) is 0 Å². The number of H-pyrrole nitrogens is 1. The van der Waals surface area contributed by atoms with Crippen molar-refractivity contribution in [1.29, 1.82) is 0 Å². The molecule has 22 heavy (non-hydrogen) atoms. The van der Waals surface area contributed by atoms with E-state index in [4.69, 9.17) is 0 Å². The number of hydrogen-bond acceptors (Lipinski definition) is 3. The summed E-state index contributed by atoms with van der Waals surface area (Å²) in [4.78, 5) is 11.7. The molecule has 0 saturated carbocycles. The normalized spacial score (nSPS) is 12.2. The van der Waals surface area contributed by atoms with E-state index in [-0.39, 0.29) is 5.91 Å². The fourth-order valence-corrected chi connectivity index (χ4v) is 1.69. The second-order valence-electron chi connectivity index (χ2n) is 4.76. The van der Waals surface area contributed by atoms with Crippen LogP contribution in [0.25, 0.3) is 6.08 Å². The van der Waals surface area contributed by atoms with Gasteiger partial charge in [0.2, 0.25) is 0 Å². The highest BCUT2D eigenvalue weighted by Gasteiger charge is 2.07. The van der Waals surface area contributed by atoms with Gasteiger partial charge < -0.3 is 0 Å². The number of nitrogens with zero attached hydrogens (tertiary/aromatic N) is 2. The third-order valence-electron chi connectivity index (χ3n) is 2.81. The number of carbonyl (C=O) groups is 1. The number of rotatable bonds is 5. The summed E-state index contributed by atoms with van der Waals surface area (Å²) in [6.07, 6.45) is 7.61. The molecule has 0 radical (unpaired) electrons. The monoisotopic (exact) mass is 294 g/mol. The zero-order chi connectivity index (χ0) is 15.8. The van der Waals surface area contributed by atoms with Crippen LogP contribution < -0.4 is 5.43 Å². The minimum Gasteiger partial charge on any atom is -0.282 e. The zero-order valence-corrected chi connectivity index (χ0v) is 12.6. The molecular weight excluding hydrogens is 276 g/mol. The Hall–Kier alpha value is -2.95. The lowest BCUT2D eigenvalue weighted by atomic mass is 10.2. The van der Waals surface area contributed by atoms with Crippen LogP contribution in [-0.2, 0) is 0 Å². The first kappa shape index (κ1) is 15.4. The molecule has 0 bridgehead atoms. The average Bonchev–Trinajstić information content (AvgIpc) is 2.97. The van der Waals surface area contributed by atoms with Gasteiger partial charge in [0.25, 0.3) is 5.91 Å². The summed E-state index contributed by atoms with van der Waals surface area (Å²) in [7, 11) is 0. The van der Waals surface area contributed by atoms with Gasteiger partial charge in [0.1, 0.15) is 0 Å². The lowest BCUT2D eigenvalue weighted by Crippen LogP contribution is -2.19. The molecule has 112 valence electrons. The van der Waals surface area contributed by atoms with E-state index in [9.17, 15) is 4.79 Å². The molecule has 0 spiro atoms. The lowest BCUT2D eigenvalue weighted by Gasteiger charge is -1.96. The molecule has 0 saturated heterocycles. The molecule has 2 rings (SSSR count). The highest BCUT2D eigenvalue weighted by molar-refractivity contribution is 5.96. The summed E-state index contributed by atoms with van der Waals surface area (Å²) in [5.41, 5.74) is 5.44. The summed E-state index contributed by atoms with van der Waals surface area (Å²) in [6.45, 7) is 3.64. The summed E-state index contributed by atoms with van der Waals surface area (Å²) in [5, 5.41) is 10.6. The molecule has 1 aromatic carbocycles. The number of hydrazone groups is 1. The van der Waals surface area contributed by atoms with Crippen molar-refractivity contribution >= 4 is 17.7 Å². The van der Waals surface area contributed by atoms with E-state index >= 15 is 0 Å². The largest absolute Gasteiger partial charge is 0.291 e. The van der Waals surface area contributed by atoms with E-state index < -0.39 is 0 Å². The topological polar surface area (TPSA) is 70.1 Å². The van der Waals surface area contributed by atoms with Crippen LogP contribution in [0.15, 0.2) is 59.7 Å². The highest BCUT2D eigenvalue weighted by Crippen LogP contribution is 2.01. The molecule has 1 aromatic heterocycles. The van der Waals surface area contributed by atoms with Gasteiger partial charge in [-0.3, -0.25) is 9.89 Å². The molecule has 0 fully saturated rings. The summed E-state index contributed by atoms with van der Waals surface area (Å²) in [6, 6.07) is 11.7. The maximum Gasteiger partial charge on any atom is 0.291 e. The highest BCUT2D eigenvalue weighted by atomic mass is 16.2. The van der Waals surface area contributed by atoms with E-state index in [2.05, 4.69) is 20.7 Å². The van der Waals surface area contributed by atoms with Crippen LogP contribution >= 0.6 is 0 Å². The van der Waals surface area contributed by atoms with Crippen molar-refractivity contribution in [3.05, 3.63) is 71.6 Å². The van der Waals surface area contributed by atoms with Crippen molar-refractivity contribution in [2.75, 3.05) is 0 Å². The number of aromatic amines is 1. The van der Waals surface area contributed by atoms with Gasteiger partial charge >= 0.3 is 0 Å². The van der Waals surface area contributed by atoms with Crippen molar-refractivity contribution in [3.8, 4) is 0 Å². The fourth-order valence-electron chi connectivity index (χ4n) is 1.69. The van der Waals surface area contributed by atoms with E-state index in [0.717, 1.165) is 11.3 Å². The number of nitrogens with one attached hydrogen (secondary N) is 2. The van der Waals surface area contributed by atoms with E-state index in [0.29, 0.717) is 11.4 Å². The first-order valence-electron chi connectivity index (χ1n) is 6.91. The third-order valence-corrected chi connectivity index (χ3v) is 2.81. The number of allylic oxidation sites excluding steroid dienone is 3. The summed E-state index contributed by atoms with van der Waals surface area (Å²) < 4.78 is 0. The van der Waals surface area contributed by atoms with Crippen molar-refractivity contribution in [1.82, 2.24) is 15.6 Å². The van der Waals surface area contributed by atoms with Crippen LogP contribution in [0, 0.1) is 6.92 Å². The standard InChI is InChI=1S/C17H18N4O/c1-13(8-6-7-11-15-9-4-3-5-10-15)18-21-17(22)16-12-14(2)19-20-16/h3-12H,1-2H3,(H,19,20)(H,21,22)/b8-6+,11-7+,18-13+. The van der Waals surface area contributed by atoms with Crippen molar-refractivity contribution in [2.24, 2.45) is 5.10 Å². The van der Waals surface area contributed by atoms with Gasteiger partial charge in [0.05, 0.1) is 5.71 Å². The number of amides is 1. The number of aryl methyl sites for hydroxylation is 1. The Kier molecular flexibility index (Phi) is 5.43. The summed E-state index contributed by atoms with van der Waals surface area (Å²) >= 11 is 0. The maximum atomic E-state index is 11.7. The van der Waals surface area contributed by atoms with Crippen LogP contribution in [0.3, 0.4) is 0 Å². The van der Waals surface area contributed by atoms with Crippen LogP contribution in [0.1, 0.15) is 28.7 Å². The van der Waals surface area contributed by atoms with Gasteiger partial charge in [0.15, 0.2) is 5.69 Å². The van der Waals surface area contributed by atoms with Crippen LogP contribution in [0.4, 0.5) is 0 Å². The third kappa shape index (κ3) is 4.86. The lowest BCUT2D eigenvalue weighted by molar-refractivity contribution is 0.0950. The maximum absolute atomic E-state index is 11.7. The number of hydrogen-bond donors (Lipinski definition) is 2. The average molecular weight is 294 g/mol. The molecule has 2 N–H and O–H groups in total. The second kappa shape index (κ2) is 7.73. The molecule has 1 heterocycles. The minimum atomic E-state index is -0.336. The van der Waals surface area contributed by atoms with Gasteiger partial charge in [-0.25, -0.2) is 5.43 Å². The molecule has 0 unspecified atom stereocenters. The predicted octanol–water partition coefficient (Wildman–Crippen LogP) is 3.09. The van der Waals surface area contributed by atoms with Crippen LogP contribution in [0.2, 0.25) is 0 Å². The van der Waals surface area contributed by atoms with Gasteiger partial charge in [0, 0.05) is 5.69 Å². The number of benzene rings is 1. The molecule has 0 aliphatic carbocycles.